The number of nitrogens with zero attached hydrogens (tertiary/aromatic N) is 1. The molecular weight excluding hydrogens is 382 g/mol. The summed E-state index contributed by atoms with van der Waals surface area (Å²) in [5.74, 6) is 1.59. The molecule has 1 N–H and O–H groups in total. The van der Waals surface area contributed by atoms with Gasteiger partial charge in [0.15, 0.2) is 0 Å². The summed E-state index contributed by atoms with van der Waals surface area (Å²) in [4.78, 5) is 2.67. The van der Waals surface area contributed by atoms with Crippen molar-refractivity contribution in [3.63, 3.8) is 0 Å². The SMILES string of the molecule is COc1ccc([C@H]2[C@@H](c3ccc(C)cc3)[C@@H]3C[C@H](O)C[C@H]2N3Cc2ccccc2)cc1. The molecule has 3 aromatic rings. The van der Waals surface area contributed by atoms with Crippen LogP contribution in [0.15, 0.2) is 78.9 Å². The number of fused-ring (bicyclic) bond motifs is 2. The van der Waals surface area contributed by atoms with E-state index >= 15 is 0 Å². The first-order valence-electron chi connectivity index (χ1n) is 11.3. The first-order chi connectivity index (χ1) is 15.1. The Morgan fingerprint density at radius 3 is 1.90 bits per heavy atom. The molecule has 2 aliphatic heterocycles. The van der Waals surface area contributed by atoms with E-state index in [-0.39, 0.29) is 6.10 Å². The zero-order valence-electron chi connectivity index (χ0n) is 18.3. The number of hydrogen-bond donors (Lipinski definition) is 1. The van der Waals surface area contributed by atoms with Crippen molar-refractivity contribution in [3.05, 3.63) is 101 Å². The second-order valence-corrected chi connectivity index (χ2v) is 9.15. The molecule has 5 rings (SSSR count). The number of methoxy groups -OCH3 is 1. The van der Waals surface area contributed by atoms with Gasteiger partial charge in [0.05, 0.1) is 13.2 Å². The molecule has 3 heteroatoms. The summed E-state index contributed by atoms with van der Waals surface area (Å²) in [7, 11) is 1.71. The van der Waals surface area contributed by atoms with Gasteiger partial charge in [-0.1, -0.05) is 72.3 Å². The Balaban J connectivity index is 1.58. The van der Waals surface area contributed by atoms with Crippen LogP contribution in [0, 0.1) is 6.92 Å². The molecule has 0 unspecified atom stereocenters. The first-order valence-corrected chi connectivity index (χ1v) is 11.3. The van der Waals surface area contributed by atoms with Crippen LogP contribution in [0.4, 0.5) is 0 Å². The van der Waals surface area contributed by atoms with Crippen molar-refractivity contribution in [2.75, 3.05) is 7.11 Å². The number of benzene rings is 3. The van der Waals surface area contributed by atoms with Crippen LogP contribution in [0.2, 0.25) is 0 Å². The number of rotatable bonds is 5. The Labute approximate surface area is 185 Å². The summed E-state index contributed by atoms with van der Waals surface area (Å²) in [6, 6.07) is 29.0. The van der Waals surface area contributed by atoms with E-state index in [4.69, 9.17) is 4.74 Å². The Kier molecular flexibility index (Phi) is 5.56. The standard InChI is InChI=1S/C28H31NO2/c1-19-8-10-21(11-9-19)27-25-16-23(30)17-26(29(25)18-20-6-4-3-5-7-20)28(27)22-12-14-24(31-2)15-13-22/h3-15,23,25-28,30H,16-18H2,1-2H3/t23-,25-,26+,27-,28+/m0/s1. The quantitative estimate of drug-likeness (QED) is 0.618. The smallest absolute Gasteiger partial charge is 0.118 e. The third-order valence-corrected chi connectivity index (χ3v) is 7.27. The van der Waals surface area contributed by atoms with Crippen LogP contribution in [0.1, 0.15) is 46.9 Å². The van der Waals surface area contributed by atoms with Crippen LogP contribution < -0.4 is 4.74 Å². The molecule has 31 heavy (non-hydrogen) atoms. The van der Waals surface area contributed by atoms with Crippen LogP contribution in [0.3, 0.4) is 0 Å². The normalized spacial score (nSPS) is 27.9. The molecule has 0 aromatic heterocycles. The Morgan fingerprint density at radius 2 is 1.35 bits per heavy atom. The van der Waals surface area contributed by atoms with E-state index < -0.39 is 0 Å². The van der Waals surface area contributed by atoms with Gasteiger partial charge in [-0.2, -0.15) is 0 Å². The van der Waals surface area contributed by atoms with Crippen LogP contribution in [0.5, 0.6) is 5.75 Å². The molecule has 2 saturated heterocycles. The summed E-state index contributed by atoms with van der Waals surface area (Å²) in [5, 5.41) is 10.8. The van der Waals surface area contributed by atoms with E-state index in [1.807, 2.05) is 0 Å². The molecule has 160 valence electrons. The average Bonchev–Trinajstić information content (AvgIpc) is 2.97. The predicted octanol–water partition coefficient (Wildman–Crippen LogP) is 5.28. The summed E-state index contributed by atoms with van der Waals surface area (Å²) >= 11 is 0. The van der Waals surface area contributed by atoms with Crippen LogP contribution in [-0.2, 0) is 6.54 Å². The number of hydrogen-bond acceptors (Lipinski definition) is 3. The molecule has 2 bridgehead atoms. The maximum absolute atomic E-state index is 10.8. The van der Waals surface area contributed by atoms with Gasteiger partial charge in [0.2, 0.25) is 0 Å². The highest BCUT2D eigenvalue weighted by Crippen LogP contribution is 2.54. The van der Waals surface area contributed by atoms with Crippen molar-refractivity contribution in [2.24, 2.45) is 0 Å². The van der Waals surface area contributed by atoms with Crippen LogP contribution in [0.25, 0.3) is 0 Å². The molecule has 0 amide bonds. The summed E-state index contributed by atoms with van der Waals surface area (Å²) in [5.41, 5.74) is 5.34. The van der Waals surface area contributed by atoms with Crippen molar-refractivity contribution in [1.29, 1.82) is 0 Å². The fourth-order valence-electron chi connectivity index (χ4n) is 5.86. The lowest BCUT2D eigenvalue weighted by Gasteiger charge is -2.38. The van der Waals surface area contributed by atoms with Gasteiger partial charge >= 0.3 is 0 Å². The van der Waals surface area contributed by atoms with E-state index in [1.165, 1.54) is 22.3 Å². The van der Waals surface area contributed by atoms with Crippen LogP contribution in [-0.4, -0.2) is 35.3 Å². The molecule has 2 aliphatic rings. The van der Waals surface area contributed by atoms with Gasteiger partial charge in [-0.25, -0.2) is 0 Å². The largest absolute Gasteiger partial charge is 0.497 e. The highest BCUT2D eigenvalue weighted by atomic mass is 16.5. The molecule has 3 aromatic carbocycles. The van der Waals surface area contributed by atoms with Crippen molar-refractivity contribution in [2.45, 2.75) is 56.3 Å². The van der Waals surface area contributed by atoms with Gasteiger partial charge in [-0.15, -0.1) is 0 Å². The van der Waals surface area contributed by atoms with Crippen molar-refractivity contribution >= 4 is 0 Å². The van der Waals surface area contributed by atoms with E-state index in [9.17, 15) is 5.11 Å². The first kappa shape index (κ1) is 20.3. The lowest BCUT2D eigenvalue weighted by molar-refractivity contribution is 0.0269. The Hall–Kier alpha value is -2.62. The van der Waals surface area contributed by atoms with E-state index in [2.05, 4.69) is 90.7 Å². The fraction of sp³-hybridized carbons (Fsp3) is 0.357. The van der Waals surface area contributed by atoms with E-state index in [0.717, 1.165) is 25.1 Å². The molecule has 0 aliphatic carbocycles. The number of ether oxygens (including phenoxy) is 1. The predicted molar refractivity (Wildman–Crippen MR) is 124 cm³/mol. The second kappa shape index (κ2) is 8.49. The highest BCUT2D eigenvalue weighted by molar-refractivity contribution is 5.39. The fourth-order valence-corrected chi connectivity index (χ4v) is 5.86. The van der Waals surface area contributed by atoms with Gasteiger partial charge in [0, 0.05) is 30.5 Å². The lowest BCUT2D eigenvalue weighted by atomic mass is 9.78. The minimum atomic E-state index is -0.238. The highest BCUT2D eigenvalue weighted by Gasteiger charge is 2.53. The molecule has 2 heterocycles. The minimum Gasteiger partial charge on any atom is -0.497 e. The monoisotopic (exact) mass is 413 g/mol. The van der Waals surface area contributed by atoms with Crippen molar-refractivity contribution < 1.29 is 9.84 Å². The van der Waals surface area contributed by atoms with Crippen molar-refractivity contribution in [1.82, 2.24) is 4.90 Å². The number of piperidine rings is 1. The van der Waals surface area contributed by atoms with Gasteiger partial charge in [-0.3, -0.25) is 4.90 Å². The molecule has 5 atom stereocenters. The van der Waals surface area contributed by atoms with Crippen molar-refractivity contribution in [3.8, 4) is 5.75 Å². The summed E-state index contributed by atoms with van der Waals surface area (Å²) < 4.78 is 5.41. The van der Waals surface area contributed by atoms with Crippen LogP contribution >= 0.6 is 0 Å². The third-order valence-electron chi connectivity index (χ3n) is 7.27. The van der Waals surface area contributed by atoms with Gasteiger partial charge in [0.25, 0.3) is 0 Å². The number of aliphatic hydroxyl groups excluding tert-OH is 1. The maximum Gasteiger partial charge on any atom is 0.118 e. The topological polar surface area (TPSA) is 32.7 Å². The molecule has 2 fully saturated rings. The number of aliphatic hydroxyl groups is 1. The van der Waals surface area contributed by atoms with Gasteiger partial charge in [0.1, 0.15) is 5.75 Å². The molecule has 3 nitrogen and oxygen atoms in total. The van der Waals surface area contributed by atoms with Gasteiger partial charge < -0.3 is 9.84 Å². The number of aryl methyl sites for hydroxylation is 1. The van der Waals surface area contributed by atoms with E-state index in [1.54, 1.807) is 7.11 Å². The minimum absolute atomic E-state index is 0.238. The Bertz CT molecular complexity index is 999. The maximum atomic E-state index is 10.8. The third kappa shape index (κ3) is 3.88. The van der Waals surface area contributed by atoms with E-state index in [0.29, 0.717) is 23.9 Å². The lowest BCUT2D eigenvalue weighted by Crippen LogP contribution is -2.45. The average molecular weight is 414 g/mol. The second-order valence-electron chi connectivity index (χ2n) is 9.15. The molecule has 0 spiro atoms. The zero-order chi connectivity index (χ0) is 21.4. The molecule has 0 radical (unpaired) electrons. The Morgan fingerprint density at radius 1 is 0.806 bits per heavy atom. The molecular formula is C28H31NO2. The molecule has 0 saturated carbocycles. The van der Waals surface area contributed by atoms with Gasteiger partial charge in [-0.05, 0) is 48.6 Å². The summed E-state index contributed by atoms with van der Waals surface area (Å²) in [6.07, 6.45) is 1.41. The summed E-state index contributed by atoms with van der Waals surface area (Å²) in [6.45, 7) is 3.07. The zero-order valence-corrected chi connectivity index (χ0v) is 18.3.